The van der Waals surface area contributed by atoms with Gasteiger partial charge in [0.05, 0.1) is 28.4 Å². The monoisotopic (exact) mass is 579 g/mol. The molecule has 0 unspecified atom stereocenters. The van der Waals surface area contributed by atoms with Gasteiger partial charge in [-0.3, -0.25) is 9.69 Å². The number of ether oxygens (including phenoxy) is 4. The molecule has 0 amide bonds. The van der Waals surface area contributed by atoms with Crippen LogP contribution >= 0.6 is 0 Å². The molecule has 1 saturated heterocycles. The van der Waals surface area contributed by atoms with Gasteiger partial charge in [-0.1, -0.05) is 45.8 Å². The quantitative estimate of drug-likeness (QED) is 0.200. The number of allylic oxidation sites excluding steroid dienone is 2. The fraction of sp³-hybridized carbons (Fsp3) is 0.583. The van der Waals surface area contributed by atoms with Gasteiger partial charge in [-0.15, -0.1) is 0 Å². The summed E-state index contributed by atoms with van der Waals surface area (Å²) in [6.07, 6.45) is 8.46. The van der Waals surface area contributed by atoms with Crippen LogP contribution in [0.4, 0.5) is 0 Å². The van der Waals surface area contributed by atoms with Crippen molar-refractivity contribution >= 4 is 5.78 Å². The molecule has 6 nitrogen and oxygen atoms in total. The maximum atomic E-state index is 12.6. The summed E-state index contributed by atoms with van der Waals surface area (Å²) in [5, 5.41) is 0. The molecule has 0 aromatic heterocycles. The molecular formula is C36H53NO5. The topological polar surface area (TPSA) is 57.2 Å². The molecule has 0 atom stereocenters. The SMILES string of the molecule is CCCCC(=O)CCc1cc(OC)cc(OC)c1C(C)(C)/C=C(\C)C1(C)CCN(Cc2cc(OC)cc(OC)c2)CC1. The lowest BCUT2D eigenvalue weighted by molar-refractivity contribution is -0.119. The number of ketones is 1. The van der Waals surface area contributed by atoms with Gasteiger partial charge in [0.15, 0.2) is 0 Å². The lowest BCUT2D eigenvalue weighted by Crippen LogP contribution is -2.39. The second kappa shape index (κ2) is 15.0. The highest BCUT2D eigenvalue weighted by molar-refractivity contribution is 5.78. The van der Waals surface area contributed by atoms with Crippen LogP contribution in [0.2, 0.25) is 0 Å². The summed E-state index contributed by atoms with van der Waals surface area (Å²) in [6.45, 7) is 14.3. The van der Waals surface area contributed by atoms with Crippen molar-refractivity contribution in [3.8, 4) is 23.0 Å². The summed E-state index contributed by atoms with van der Waals surface area (Å²) >= 11 is 0. The van der Waals surface area contributed by atoms with Gasteiger partial charge in [-0.2, -0.15) is 0 Å². The van der Waals surface area contributed by atoms with E-state index in [9.17, 15) is 4.79 Å². The number of benzene rings is 2. The Kier molecular flexibility index (Phi) is 11.9. The first-order valence-electron chi connectivity index (χ1n) is 15.4. The molecule has 2 aromatic carbocycles. The van der Waals surface area contributed by atoms with Crippen LogP contribution in [0.15, 0.2) is 42.0 Å². The van der Waals surface area contributed by atoms with Crippen LogP contribution in [0.1, 0.15) is 89.8 Å². The Morgan fingerprint density at radius 2 is 1.50 bits per heavy atom. The van der Waals surface area contributed by atoms with Crippen LogP contribution in [-0.4, -0.2) is 52.2 Å². The normalized spacial score (nSPS) is 15.8. The zero-order valence-electron chi connectivity index (χ0n) is 27.5. The summed E-state index contributed by atoms with van der Waals surface area (Å²) < 4.78 is 22.5. The molecule has 232 valence electrons. The van der Waals surface area contributed by atoms with Crippen LogP contribution in [0, 0.1) is 5.41 Å². The zero-order valence-corrected chi connectivity index (χ0v) is 27.5. The maximum absolute atomic E-state index is 12.6. The lowest BCUT2D eigenvalue weighted by atomic mass is 9.70. The van der Waals surface area contributed by atoms with E-state index in [4.69, 9.17) is 18.9 Å². The van der Waals surface area contributed by atoms with Gasteiger partial charge < -0.3 is 18.9 Å². The summed E-state index contributed by atoms with van der Waals surface area (Å²) in [6, 6.07) is 10.2. The molecule has 0 radical (unpaired) electrons. The number of unbranched alkanes of at least 4 members (excludes halogenated alkanes) is 1. The van der Waals surface area contributed by atoms with E-state index in [2.05, 4.69) is 63.8 Å². The van der Waals surface area contributed by atoms with Gasteiger partial charge >= 0.3 is 0 Å². The number of nitrogens with zero attached hydrogens (tertiary/aromatic N) is 1. The largest absolute Gasteiger partial charge is 0.497 e. The predicted molar refractivity (Wildman–Crippen MR) is 171 cm³/mol. The summed E-state index contributed by atoms with van der Waals surface area (Å²) in [4.78, 5) is 15.1. The van der Waals surface area contributed by atoms with Crippen LogP contribution < -0.4 is 18.9 Å². The highest BCUT2D eigenvalue weighted by Crippen LogP contribution is 2.44. The fourth-order valence-electron chi connectivity index (χ4n) is 6.23. The summed E-state index contributed by atoms with van der Waals surface area (Å²) in [5.41, 5.74) is 4.69. The maximum Gasteiger partial charge on any atom is 0.133 e. The van der Waals surface area contributed by atoms with E-state index in [-0.39, 0.29) is 10.8 Å². The summed E-state index contributed by atoms with van der Waals surface area (Å²) in [5.74, 6) is 3.54. The number of aryl methyl sites for hydroxylation is 1. The number of piperidine rings is 1. The minimum atomic E-state index is -0.291. The van der Waals surface area contributed by atoms with Crippen molar-refractivity contribution in [2.45, 2.75) is 91.5 Å². The van der Waals surface area contributed by atoms with Crippen molar-refractivity contribution in [2.75, 3.05) is 41.5 Å². The van der Waals surface area contributed by atoms with Crippen molar-refractivity contribution in [1.82, 2.24) is 4.90 Å². The minimum Gasteiger partial charge on any atom is -0.497 e. The molecule has 0 bridgehead atoms. The molecule has 3 rings (SSSR count). The second-order valence-electron chi connectivity index (χ2n) is 12.6. The standard InChI is InChI=1S/C36H53NO5/c1-10-11-12-29(38)14-13-28-21-32(41-8)23-33(42-9)34(28)35(3,4)24-26(2)36(5)15-17-37(18-16-36)25-27-19-30(39-6)22-31(20-27)40-7/h19-24H,10-18,25H2,1-9H3/b26-24+. The van der Waals surface area contributed by atoms with Crippen LogP contribution in [0.25, 0.3) is 0 Å². The van der Waals surface area contributed by atoms with Crippen molar-refractivity contribution in [2.24, 2.45) is 5.41 Å². The Bertz CT molecular complexity index is 1200. The van der Waals surface area contributed by atoms with E-state index in [0.29, 0.717) is 25.0 Å². The number of hydrogen-bond acceptors (Lipinski definition) is 6. The molecule has 0 N–H and O–H groups in total. The molecule has 0 spiro atoms. The number of hydrogen-bond donors (Lipinski definition) is 0. The van der Waals surface area contributed by atoms with E-state index < -0.39 is 0 Å². The third-order valence-electron chi connectivity index (χ3n) is 9.05. The van der Waals surface area contributed by atoms with Gasteiger partial charge in [0, 0.05) is 42.5 Å². The Morgan fingerprint density at radius 1 is 0.905 bits per heavy atom. The Morgan fingerprint density at radius 3 is 2.05 bits per heavy atom. The van der Waals surface area contributed by atoms with Crippen molar-refractivity contribution in [1.29, 1.82) is 0 Å². The molecule has 42 heavy (non-hydrogen) atoms. The second-order valence-corrected chi connectivity index (χ2v) is 12.6. The zero-order chi connectivity index (χ0) is 30.9. The van der Waals surface area contributed by atoms with Crippen LogP contribution in [0.3, 0.4) is 0 Å². The average molecular weight is 580 g/mol. The fourth-order valence-corrected chi connectivity index (χ4v) is 6.23. The highest BCUT2D eigenvalue weighted by atomic mass is 16.5. The summed E-state index contributed by atoms with van der Waals surface area (Å²) in [7, 11) is 6.78. The average Bonchev–Trinajstić information content (AvgIpc) is 2.98. The Balaban J connectivity index is 1.81. The molecule has 0 aliphatic carbocycles. The highest BCUT2D eigenvalue weighted by Gasteiger charge is 2.34. The third kappa shape index (κ3) is 8.53. The number of Topliss-reactive ketones (excluding diaryl/α,β-unsaturated/α-hetero) is 1. The van der Waals surface area contributed by atoms with Crippen molar-refractivity contribution in [3.63, 3.8) is 0 Å². The molecule has 2 aromatic rings. The number of rotatable bonds is 15. The molecule has 1 fully saturated rings. The van der Waals surface area contributed by atoms with Crippen molar-refractivity contribution < 1.29 is 23.7 Å². The predicted octanol–water partition coefficient (Wildman–Crippen LogP) is 7.94. The first-order chi connectivity index (χ1) is 20.0. The number of methoxy groups -OCH3 is 4. The molecule has 1 aliphatic rings. The van der Waals surface area contributed by atoms with Gasteiger partial charge in [0.2, 0.25) is 0 Å². The molecule has 1 aliphatic heterocycles. The number of carbonyl (C=O) groups excluding carboxylic acids is 1. The Hall–Kier alpha value is -2.99. The smallest absolute Gasteiger partial charge is 0.133 e. The lowest BCUT2D eigenvalue weighted by Gasteiger charge is -2.41. The number of likely N-dealkylation sites (tertiary alicyclic amines) is 1. The first kappa shape index (κ1) is 33.5. The van der Waals surface area contributed by atoms with Crippen molar-refractivity contribution in [3.05, 3.63) is 58.7 Å². The minimum absolute atomic E-state index is 0.107. The first-order valence-corrected chi connectivity index (χ1v) is 15.4. The van der Waals surface area contributed by atoms with Crippen LogP contribution in [0.5, 0.6) is 23.0 Å². The molecule has 0 saturated carbocycles. The van der Waals surface area contributed by atoms with Crippen LogP contribution in [-0.2, 0) is 23.2 Å². The van der Waals surface area contributed by atoms with E-state index in [1.54, 1.807) is 28.4 Å². The van der Waals surface area contributed by atoms with E-state index >= 15 is 0 Å². The number of carbonyl (C=O) groups is 1. The van der Waals surface area contributed by atoms with Gasteiger partial charge in [-0.25, -0.2) is 0 Å². The van der Waals surface area contributed by atoms with E-state index in [1.807, 2.05) is 12.1 Å². The van der Waals surface area contributed by atoms with E-state index in [0.717, 1.165) is 79.4 Å². The molecule has 6 heteroatoms. The van der Waals surface area contributed by atoms with Gasteiger partial charge in [0.25, 0.3) is 0 Å². The van der Waals surface area contributed by atoms with Gasteiger partial charge in [-0.05, 0) is 80.4 Å². The van der Waals surface area contributed by atoms with Gasteiger partial charge in [0.1, 0.15) is 28.8 Å². The molecular weight excluding hydrogens is 526 g/mol. The Labute approximate surface area is 254 Å². The third-order valence-corrected chi connectivity index (χ3v) is 9.05. The van der Waals surface area contributed by atoms with E-state index in [1.165, 1.54) is 11.1 Å². The molecule has 1 heterocycles.